The number of phenolic OH excluding ortho intramolecular Hbond substituents is 1. The van der Waals surface area contributed by atoms with Gasteiger partial charge in [-0.15, -0.1) is 11.3 Å². The van der Waals surface area contributed by atoms with Gasteiger partial charge in [-0.05, 0) is 86.4 Å². The minimum Gasteiger partial charge on any atom is -0.508 e. The summed E-state index contributed by atoms with van der Waals surface area (Å²) in [5.74, 6) is 0.420. The van der Waals surface area contributed by atoms with Crippen molar-refractivity contribution < 1.29 is 38.6 Å². The van der Waals surface area contributed by atoms with Crippen molar-refractivity contribution in [1.82, 2.24) is 10.2 Å². The second-order valence-corrected chi connectivity index (χ2v) is 13.9. The van der Waals surface area contributed by atoms with E-state index in [1.165, 1.54) is 18.4 Å². The highest BCUT2D eigenvalue weighted by atomic mass is 35.5. The van der Waals surface area contributed by atoms with Crippen molar-refractivity contribution in [3.05, 3.63) is 103 Å². The Morgan fingerprint density at radius 2 is 1.73 bits per heavy atom. The highest BCUT2D eigenvalue weighted by Crippen LogP contribution is 2.36. The molecule has 13 heteroatoms. The first-order chi connectivity index (χ1) is 23.6. The molecule has 0 radical (unpaired) electrons. The fourth-order valence-electron chi connectivity index (χ4n) is 5.66. The van der Waals surface area contributed by atoms with Gasteiger partial charge in [-0.1, -0.05) is 41.4 Å². The number of pyridine rings is 1. The molecule has 0 amide bonds. The predicted octanol–water partition coefficient (Wildman–Crippen LogP) is 6.45. The van der Waals surface area contributed by atoms with Gasteiger partial charge in [0.2, 0.25) is 0 Å². The molecule has 49 heavy (non-hydrogen) atoms. The van der Waals surface area contributed by atoms with E-state index in [1.54, 1.807) is 68.0 Å². The molecule has 10 nitrogen and oxygen atoms in total. The summed E-state index contributed by atoms with van der Waals surface area (Å²) in [7, 11) is 5.17. The summed E-state index contributed by atoms with van der Waals surface area (Å²) in [4.78, 5) is 33.3. The molecule has 1 aliphatic rings. The van der Waals surface area contributed by atoms with E-state index in [2.05, 4.69) is 22.2 Å². The van der Waals surface area contributed by atoms with Crippen LogP contribution in [0.25, 0.3) is 0 Å². The van der Waals surface area contributed by atoms with E-state index in [4.69, 9.17) is 42.1 Å². The summed E-state index contributed by atoms with van der Waals surface area (Å²) in [6.45, 7) is 2.56. The Hall–Kier alpha value is -3.87. The number of H-pyrrole nitrogens is 1. The zero-order valence-corrected chi connectivity index (χ0v) is 29.9. The quantitative estimate of drug-likeness (QED) is 0.141. The maximum Gasteiger partial charge on any atom is 0.348 e. The summed E-state index contributed by atoms with van der Waals surface area (Å²) < 4.78 is 22.7. The largest absolute Gasteiger partial charge is 0.508 e. The fourth-order valence-corrected chi connectivity index (χ4v) is 7.04. The number of nitrogens with one attached hydrogen (secondary N) is 2. The van der Waals surface area contributed by atoms with Gasteiger partial charge in [-0.25, -0.2) is 14.6 Å². The number of rotatable bonds is 14. The number of phenols is 1. The van der Waals surface area contributed by atoms with Gasteiger partial charge in [-0.2, -0.15) is 0 Å². The average Bonchev–Trinajstić information content (AvgIpc) is 3.58. The van der Waals surface area contributed by atoms with Gasteiger partial charge >= 0.3 is 11.9 Å². The Morgan fingerprint density at radius 3 is 2.43 bits per heavy atom. The average molecular weight is 730 g/mol. The lowest BCUT2D eigenvalue weighted by atomic mass is 9.98. The van der Waals surface area contributed by atoms with E-state index in [1.807, 2.05) is 6.07 Å². The highest BCUT2D eigenvalue weighted by Gasteiger charge is 2.27. The van der Waals surface area contributed by atoms with Crippen LogP contribution in [0.2, 0.25) is 10.0 Å². The summed E-state index contributed by atoms with van der Waals surface area (Å²) in [6.07, 6.45) is 4.62. The zero-order chi connectivity index (χ0) is 34.9. The number of likely N-dealkylation sites (tertiary alicyclic amines) is 1. The number of ether oxygens (including phenoxy) is 4. The molecule has 0 saturated carbocycles. The topological polar surface area (TPSA) is 121 Å². The molecule has 2 aromatic carbocycles. The molecule has 4 aromatic rings. The number of carbonyl (C=O) groups excluding carboxylic acids is 2. The van der Waals surface area contributed by atoms with Crippen LogP contribution in [0.4, 0.5) is 0 Å². The molecule has 5 rings (SSSR count). The van der Waals surface area contributed by atoms with Crippen molar-refractivity contribution in [3.63, 3.8) is 0 Å². The minimum absolute atomic E-state index is 0.0498. The van der Waals surface area contributed by atoms with Crippen LogP contribution in [0.1, 0.15) is 56.2 Å². The molecular weight excluding hydrogens is 689 g/mol. The number of hydrogen-bond acceptors (Lipinski definition) is 10. The molecule has 0 bridgehead atoms. The van der Waals surface area contributed by atoms with Crippen LogP contribution < -0.4 is 19.8 Å². The number of hydrogen-bond donors (Lipinski definition) is 2. The van der Waals surface area contributed by atoms with E-state index in [0.29, 0.717) is 55.6 Å². The van der Waals surface area contributed by atoms with Gasteiger partial charge in [0.25, 0.3) is 0 Å². The van der Waals surface area contributed by atoms with Crippen LogP contribution in [-0.4, -0.2) is 62.9 Å². The van der Waals surface area contributed by atoms with Gasteiger partial charge in [0, 0.05) is 23.4 Å². The zero-order valence-electron chi connectivity index (χ0n) is 27.5. The molecule has 3 N–H and O–H groups in total. The van der Waals surface area contributed by atoms with E-state index >= 15 is 0 Å². The van der Waals surface area contributed by atoms with Crippen LogP contribution in [-0.2, 0) is 27.2 Å². The smallest absolute Gasteiger partial charge is 0.348 e. The van der Waals surface area contributed by atoms with E-state index < -0.39 is 24.1 Å². The first kappa shape index (κ1) is 36.4. The van der Waals surface area contributed by atoms with Crippen molar-refractivity contribution in [2.75, 3.05) is 41.0 Å². The maximum atomic E-state index is 13.6. The molecule has 1 unspecified atom stereocenters. The molecule has 2 aromatic heterocycles. The monoisotopic (exact) mass is 728 g/mol. The minimum atomic E-state index is -0.817. The van der Waals surface area contributed by atoms with E-state index in [-0.39, 0.29) is 18.7 Å². The first-order valence-electron chi connectivity index (χ1n) is 15.9. The number of nitrogens with zero attached hydrogens (tertiary/aromatic N) is 1. The van der Waals surface area contributed by atoms with Gasteiger partial charge < -0.3 is 29.0 Å². The van der Waals surface area contributed by atoms with Crippen molar-refractivity contribution >= 4 is 46.5 Å². The Bertz CT molecular complexity index is 1730. The molecule has 0 aliphatic carbocycles. The number of halogens is 2. The first-order valence-corrected chi connectivity index (χ1v) is 17.5. The normalized spacial score (nSPS) is 15.0. The number of esters is 2. The maximum absolute atomic E-state index is 13.6. The number of carbonyl (C=O) groups is 2. The lowest BCUT2D eigenvalue weighted by molar-refractivity contribution is -0.377. The molecule has 2 atom stereocenters. The third kappa shape index (κ3) is 9.64. The molecule has 3 heterocycles. The van der Waals surface area contributed by atoms with Crippen LogP contribution in [0.5, 0.6) is 17.2 Å². The third-order valence-electron chi connectivity index (χ3n) is 8.50. The van der Waals surface area contributed by atoms with Crippen molar-refractivity contribution in [2.45, 2.75) is 38.0 Å². The number of methoxy groups -OCH3 is 2. The standard InChI is InChI=1S/C36H39Cl2N3O7S/c1-41-13-11-22(12-14-41)21-47-36(44)34(24-5-4-6-25(42)15-24)40-18-26-8-10-33(49-26)35(43)48-31(17-27-28(37)19-39-20-29(27)38)23-7-9-30(45-2)32(16-23)46-3/h4-10,15-16,19-20,22,31,34,40,42H,11-14,17-18,21H2,1-3H3/p+1/t31-,34?/m0/s1. The molecular formula is C36H40Cl2N3O7S+. The number of benzene rings is 2. The van der Waals surface area contributed by atoms with Crippen molar-refractivity contribution in [1.29, 1.82) is 0 Å². The molecule has 1 saturated heterocycles. The third-order valence-corrected chi connectivity index (χ3v) is 10.2. The number of thiophene rings is 1. The molecule has 260 valence electrons. The second-order valence-electron chi connectivity index (χ2n) is 11.9. The number of aromatic nitrogens is 1. The van der Waals surface area contributed by atoms with Gasteiger partial charge in [0.15, 0.2) is 23.9 Å². The second kappa shape index (κ2) is 17.2. The molecule has 1 fully saturated rings. The van der Waals surface area contributed by atoms with Crippen LogP contribution in [0.15, 0.2) is 67.0 Å². The summed E-state index contributed by atoms with van der Waals surface area (Å²) in [5, 5.41) is 14.2. The molecule has 1 aliphatic heterocycles. The Balaban J connectivity index is 1.30. The lowest BCUT2D eigenvalue weighted by Crippen LogP contribution is -2.34. The number of aromatic hydroxyl groups is 1. The van der Waals surface area contributed by atoms with E-state index in [9.17, 15) is 14.7 Å². The van der Waals surface area contributed by atoms with Gasteiger partial charge in [0.05, 0.1) is 20.8 Å². The van der Waals surface area contributed by atoms with Crippen molar-refractivity contribution in [3.8, 4) is 17.2 Å². The van der Waals surface area contributed by atoms with E-state index in [0.717, 1.165) is 30.8 Å². The Labute approximate surface area is 299 Å². The van der Waals surface area contributed by atoms with Crippen LogP contribution >= 0.6 is 34.5 Å². The lowest BCUT2D eigenvalue weighted by Gasteiger charge is -2.29. The predicted molar refractivity (Wildman–Crippen MR) is 188 cm³/mol. The van der Waals surface area contributed by atoms with Gasteiger partial charge in [0.1, 0.15) is 32.8 Å². The SMILES string of the molecule is COc1ccc([C@H](Cc2c(Cl)c[nH+]cc2Cl)OC(=O)c2ccc(CNC(C(=O)OCC3CCN(C)CC3)c3cccc(O)c3)s2)cc1OC. The Morgan fingerprint density at radius 1 is 1.00 bits per heavy atom. The molecule has 0 spiro atoms. The van der Waals surface area contributed by atoms with Crippen LogP contribution in [0, 0.1) is 5.92 Å². The number of piperidine rings is 1. The summed E-state index contributed by atoms with van der Waals surface area (Å²) >= 11 is 14.2. The summed E-state index contributed by atoms with van der Waals surface area (Å²) in [6, 6.07) is 14.5. The fraction of sp³-hybridized carbons (Fsp3) is 0.361. The van der Waals surface area contributed by atoms with Crippen LogP contribution in [0.3, 0.4) is 0 Å². The van der Waals surface area contributed by atoms with Crippen molar-refractivity contribution in [2.24, 2.45) is 5.92 Å². The highest BCUT2D eigenvalue weighted by molar-refractivity contribution is 7.13. The summed E-state index contributed by atoms with van der Waals surface area (Å²) in [5.41, 5.74) is 1.86. The number of aromatic amines is 1. The van der Waals surface area contributed by atoms with Gasteiger partial charge in [-0.3, -0.25) is 5.32 Å². The Kier molecular flexibility index (Phi) is 12.8.